The SMILES string of the molecule is CCCCCCCCCCC[C@@H](CC(=O)O[C@H]1CN(C)[C@@H]([C@@H](O[C@@H]2O[C@H](CN)[C@@H](O)[C@H]2O)[C@H]2O[C@@H](n3ccc(=O)[nH]c3=O)[C@H](O)[C@@H]2O)C(=O)N(C)[C@@H]1C(=O)O)OC(=O)C[C@H](C)CC(=O)O[C@@H]1O[C@H](C)[C@@H](OC)[C@@H](OC)[C@H]1OC. The molecule has 0 aromatic carbocycles. The van der Waals surface area contributed by atoms with E-state index in [4.69, 9.17) is 53.1 Å². The monoisotopic (exact) mass is 1120 g/mol. The van der Waals surface area contributed by atoms with Gasteiger partial charge in [-0.2, -0.15) is 0 Å². The Kier molecular flexibility index (Phi) is 25.0. The van der Waals surface area contributed by atoms with Crippen LogP contribution in [0.2, 0.25) is 0 Å². The fourth-order valence-corrected chi connectivity index (χ4v) is 10.7. The Hall–Kier alpha value is -4.49. The second kappa shape index (κ2) is 30.4. The molecule has 8 N–H and O–H groups in total. The first-order valence-electron chi connectivity index (χ1n) is 26.8. The fraction of sp³-hybridized carbons (Fsp3) is 0.824. The van der Waals surface area contributed by atoms with Crippen LogP contribution in [-0.4, -0.2) is 227 Å². The second-order valence-corrected chi connectivity index (χ2v) is 20.7. The molecule has 0 spiro atoms. The van der Waals surface area contributed by atoms with Gasteiger partial charge in [0.15, 0.2) is 18.6 Å². The number of carbonyl (C=O) groups is 5. The zero-order chi connectivity index (χ0) is 57.5. The fourth-order valence-electron chi connectivity index (χ4n) is 10.7. The minimum Gasteiger partial charge on any atom is -0.480 e. The summed E-state index contributed by atoms with van der Waals surface area (Å²) in [5.74, 6) is -5.57. The third-order valence-electron chi connectivity index (χ3n) is 14.9. The highest BCUT2D eigenvalue weighted by atomic mass is 16.7. The average Bonchev–Trinajstić information content (AvgIpc) is 3.79. The number of nitrogens with zero attached hydrogens (tertiary/aromatic N) is 3. The van der Waals surface area contributed by atoms with Crippen molar-refractivity contribution in [2.45, 2.75) is 214 Å². The van der Waals surface area contributed by atoms with Crippen molar-refractivity contribution in [2.24, 2.45) is 11.7 Å². The predicted molar refractivity (Wildman–Crippen MR) is 270 cm³/mol. The lowest BCUT2D eigenvalue weighted by Gasteiger charge is -2.43. The van der Waals surface area contributed by atoms with E-state index in [0.29, 0.717) is 6.42 Å². The Labute approximate surface area is 452 Å². The third kappa shape index (κ3) is 16.3. The molecule has 27 nitrogen and oxygen atoms in total. The smallest absolute Gasteiger partial charge is 0.330 e. The van der Waals surface area contributed by atoms with Gasteiger partial charge < -0.3 is 83.5 Å². The van der Waals surface area contributed by atoms with Crippen LogP contribution in [0, 0.1) is 5.92 Å². The number of esters is 3. The van der Waals surface area contributed by atoms with Gasteiger partial charge in [-0.25, -0.2) is 9.59 Å². The number of rotatable bonds is 29. The van der Waals surface area contributed by atoms with Crippen LogP contribution >= 0.6 is 0 Å². The number of carboxylic acids is 1. The van der Waals surface area contributed by atoms with E-state index in [1.807, 2.05) is 4.98 Å². The molecule has 1 amide bonds. The highest BCUT2D eigenvalue weighted by Gasteiger charge is 2.57. The van der Waals surface area contributed by atoms with Gasteiger partial charge in [0.25, 0.3) is 5.56 Å². The maximum atomic E-state index is 14.7. The number of aromatic amines is 1. The molecule has 1 aromatic rings. The van der Waals surface area contributed by atoms with Gasteiger partial charge in [-0.15, -0.1) is 0 Å². The van der Waals surface area contributed by atoms with Gasteiger partial charge in [0, 0.05) is 66.6 Å². The average molecular weight is 1120 g/mol. The zero-order valence-electron chi connectivity index (χ0n) is 45.8. The summed E-state index contributed by atoms with van der Waals surface area (Å²) >= 11 is 0. The van der Waals surface area contributed by atoms with Crippen molar-refractivity contribution in [1.29, 1.82) is 0 Å². The Morgan fingerprint density at radius 3 is 1.97 bits per heavy atom. The molecule has 4 aliphatic heterocycles. The van der Waals surface area contributed by atoms with Crippen LogP contribution in [0.3, 0.4) is 0 Å². The van der Waals surface area contributed by atoms with E-state index in [-0.39, 0.29) is 25.8 Å². The van der Waals surface area contributed by atoms with Gasteiger partial charge >= 0.3 is 29.6 Å². The van der Waals surface area contributed by atoms with Crippen LogP contribution in [0.5, 0.6) is 0 Å². The number of carbonyl (C=O) groups excluding carboxylic acids is 4. The number of likely N-dealkylation sites (N-methyl/N-ethyl adjacent to an activating group) is 2. The van der Waals surface area contributed by atoms with Crippen molar-refractivity contribution >= 4 is 29.8 Å². The van der Waals surface area contributed by atoms with Crippen molar-refractivity contribution in [3.63, 3.8) is 0 Å². The molecule has 4 aliphatic rings. The molecule has 0 saturated carbocycles. The van der Waals surface area contributed by atoms with E-state index in [2.05, 4.69) is 6.92 Å². The number of amides is 1. The number of methoxy groups -OCH3 is 3. The van der Waals surface area contributed by atoms with Crippen molar-refractivity contribution in [3.8, 4) is 0 Å². The molecule has 1 aromatic heterocycles. The summed E-state index contributed by atoms with van der Waals surface area (Å²) in [5, 5.41) is 55.1. The molecule has 0 radical (unpaired) electrons. The lowest BCUT2D eigenvalue weighted by molar-refractivity contribution is -0.297. The molecule has 78 heavy (non-hydrogen) atoms. The number of aliphatic carboxylic acids is 1. The molecule has 444 valence electrons. The zero-order valence-corrected chi connectivity index (χ0v) is 45.8. The van der Waals surface area contributed by atoms with Crippen LogP contribution in [0.25, 0.3) is 0 Å². The Morgan fingerprint density at radius 1 is 0.769 bits per heavy atom. The molecule has 4 fully saturated rings. The summed E-state index contributed by atoms with van der Waals surface area (Å²) in [7, 11) is 6.87. The largest absolute Gasteiger partial charge is 0.480 e. The van der Waals surface area contributed by atoms with E-state index in [1.165, 1.54) is 39.7 Å². The van der Waals surface area contributed by atoms with Crippen LogP contribution in [0.4, 0.5) is 0 Å². The van der Waals surface area contributed by atoms with E-state index >= 15 is 0 Å². The van der Waals surface area contributed by atoms with Crippen LogP contribution < -0.4 is 17.0 Å². The van der Waals surface area contributed by atoms with Crippen LogP contribution in [0.1, 0.15) is 110 Å². The second-order valence-electron chi connectivity index (χ2n) is 20.7. The first-order valence-corrected chi connectivity index (χ1v) is 26.8. The lowest BCUT2D eigenvalue weighted by Crippen LogP contribution is -2.59. The molecule has 4 saturated heterocycles. The molecule has 0 aliphatic carbocycles. The molecule has 0 bridgehead atoms. The summed E-state index contributed by atoms with van der Waals surface area (Å²) < 4.78 is 58.7. The number of unbranched alkanes of at least 4 members (excludes halogenated alkanes) is 8. The first kappa shape index (κ1) is 64.3. The maximum Gasteiger partial charge on any atom is 0.330 e. The molecule has 27 heteroatoms. The van der Waals surface area contributed by atoms with Crippen molar-refractivity contribution < 1.29 is 96.9 Å². The number of aliphatic hydroxyl groups excluding tert-OH is 4. The van der Waals surface area contributed by atoms with Gasteiger partial charge in [-0.1, -0.05) is 65.2 Å². The standard InChI is InChI=1S/C51H83N5O22/c1-9-10-11-12-13-14-15-16-17-18-28(73-32(58)21-26(2)22-33(59)76-50-45(71-8)44(70-7)41(69-6)27(3)72-50)23-34(60)74-30-25-54(4)36(46(65)55(5)35(30)48(66)67)42(78-49-40(64)37(61)29(24-52)75-49)43-38(62)39(63)47(77-43)56-20-19-31(57)53-51(56)68/h19-20,26-30,35-45,47,49-50,61-64H,9-18,21-25,52H2,1-8H3,(H,66,67)(H,53,57,68)/t26-,27+,28-,29+,30-,35-,36-,37+,38-,39+,40+,41+,42+,43-,44+,45+,47+,49-,50-/m0/s1. The quantitative estimate of drug-likeness (QED) is 0.0289. The highest BCUT2D eigenvalue weighted by Crippen LogP contribution is 2.37. The Morgan fingerprint density at radius 2 is 1.38 bits per heavy atom. The first-order chi connectivity index (χ1) is 37.1. The van der Waals surface area contributed by atoms with Crippen LogP contribution in [-0.2, 0) is 71.3 Å². The molecule has 19 atom stereocenters. The number of H-pyrrole nitrogens is 1. The number of hydrogen-bond acceptors (Lipinski definition) is 23. The topological polar surface area (TPSA) is 366 Å². The number of carboxylic acid groups (broad SMARTS) is 1. The van der Waals surface area contributed by atoms with Gasteiger partial charge in [0.1, 0.15) is 79.3 Å². The minimum absolute atomic E-state index is 0.215. The lowest BCUT2D eigenvalue weighted by atomic mass is 9.97. The van der Waals surface area contributed by atoms with E-state index in [9.17, 15) is 59.1 Å². The summed E-state index contributed by atoms with van der Waals surface area (Å²) in [5.41, 5.74) is 3.94. The molecule has 0 unspecified atom stereocenters. The number of aliphatic hydroxyl groups is 4. The molecule has 5 heterocycles. The normalized spacial score (nSPS) is 32.8. The van der Waals surface area contributed by atoms with Crippen LogP contribution in [0.15, 0.2) is 21.9 Å². The van der Waals surface area contributed by atoms with E-state index in [1.54, 1.807) is 13.8 Å². The van der Waals surface area contributed by atoms with Crippen molar-refractivity contribution in [2.75, 3.05) is 48.5 Å². The number of hydrogen-bond donors (Lipinski definition) is 7. The van der Waals surface area contributed by atoms with Crippen molar-refractivity contribution in [1.82, 2.24) is 19.4 Å². The Balaban J connectivity index is 1.33. The molecule has 5 rings (SSSR count). The maximum absolute atomic E-state index is 14.7. The molecular formula is C51H83N5O22. The van der Waals surface area contributed by atoms with Gasteiger partial charge in [-0.3, -0.25) is 38.4 Å². The number of ether oxygens (including phenoxy) is 10. The summed E-state index contributed by atoms with van der Waals surface area (Å²) in [6.07, 6.45) is -12.6. The third-order valence-corrected chi connectivity index (χ3v) is 14.9. The van der Waals surface area contributed by atoms with E-state index in [0.717, 1.165) is 73.7 Å². The number of aromatic nitrogens is 2. The van der Waals surface area contributed by atoms with Gasteiger partial charge in [0.05, 0.1) is 12.5 Å². The van der Waals surface area contributed by atoms with E-state index < -0.39 is 170 Å². The summed E-state index contributed by atoms with van der Waals surface area (Å²) in [4.78, 5) is 97.4. The Bertz CT molecular complexity index is 2220. The molecular weight excluding hydrogens is 1030 g/mol. The van der Waals surface area contributed by atoms with Gasteiger partial charge in [0.2, 0.25) is 12.2 Å². The highest BCUT2D eigenvalue weighted by molar-refractivity contribution is 5.88. The minimum atomic E-state index is -1.97. The summed E-state index contributed by atoms with van der Waals surface area (Å²) in [6, 6.07) is -2.60. The number of nitrogens with one attached hydrogen (secondary N) is 1. The predicted octanol–water partition coefficient (Wildman–Crippen LogP) is -0.944. The van der Waals surface area contributed by atoms with Crippen molar-refractivity contribution in [3.05, 3.63) is 33.1 Å². The van der Waals surface area contributed by atoms with Gasteiger partial charge in [-0.05, 0) is 32.7 Å². The summed E-state index contributed by atoms with van der Waals surface area (Å²) in [6.45, 7) is 4.74. The number of nitrogens with two attached hydrogens (primary N) is 1.